The van der Waals surface area contributed by atoms with Crippen molar-refractivity contribution in [1.82, 2.24) is 9.97 Å². The van der Waals surface area contributed by atoms with Crippen LogP contribution in [0.1, 0.15) is 29.1 Å². The number of nitrogens with zero attached hydrogens (tertiary/aromatic N) is 3. The standard InChI is InChI=1S/C16H20N4O2S/c1-10-8-20(9-11(2)22-10)14-5-4-13(7-17-14)15(21)19-16-18-6-12(3)23-16/h4-7,10-11H,8-9H2,1-3H3,(H,18,19,21)/t10-,11-/m1/s1. The summed E-state index contributed by atoms with van der Waals surface area (Å²) in [6, 6.07) is 3.68. The first-order chi connectivity index (χ1) is 11.0. The monoisotopic (exact) mass is 332 g/mol. The summed E-state index contributed by atoms with van der Waals surface area (Å²) in [5.74, 6) is 0.677. The van der Waals surface area contributed by atoms with Crippen LogP contribution in [-0.2, 0) is 4.74 Å². The van der Waals surface area contributed by atoms with E-state index in [1.807, 2.05) is 13.0 Å². The summed E-state index contributed by atoms with van der Waals surface area (Å²) >= 11 is 1.45. The molecule has 7 heteroatoms. The van der Waals surface area contributed by atoms with Crippen molar-refractivity contribution in [3.8, 4) is 0 Å². The van der Waals surface area contributed by atoms with E-state index in [0.717, 1.165) is 23.8 Å². The number of morpholine rings is 1. The number of carbonyl (C=O) groups excluding carboxylic acids is 1. The van der Waals surface area contributed by atoms with Gasteiger partial charge in [-0.05, 0) is 32.9 Å². The largest absolute Gasteiger partial charge is 0.372 e. The van der Waals surface area contributed by atoms with Crippen LogP contribution in [0.25, 0.3) is 0 Å². The fourth-order valence-electron chi connectivity index (χ4n) is 2.65. The molecule has 0 aromatic carbocycles. The van der Waals surface area contributed by atoms with Gasteiger partial charge in [-0.1, -0.05) is 0 Å². The van der Waals surface area contributed by atoms with E-state index in [2.05, 4.69) is 34.0 Å². The number of amides is 1. The molecule has 2 aromatic heterocycles. The van der Waals surface area contributed by atoms with Gasteiger partial charge in [0, 0.05) is 30.4 Å². The predicted octanol–water partition coefficient (Wildman–Crippen LogP) is 2.71. The lowest BCUT2D eigenvalue weighted by molar-refractivity contribution is -0.00546. The molecule has 1 saturated heterocycles. The Kier molecular flexibility index (Phi) is 4.58. The van der Waals surface area contributed by atoms with E-state index in [1.54, 1.807) is 18.5 Å². The second-order valence-corrected chi connectivity index (χ2v) is 7.03. The number of aromatic nitrogens is 2. The third-order valence-electron chi connectivity index (χ3n) is 3.60. The lowest BCUT2D eigenvalue weighted by atomic mass is 10.2. The number of ether oxygens (including phenoxy) is 1. The average molecular weight is 332 g/mol. The van der Waals surface area contributed by atoms with Crippen LogP contribution in [0.4, 0.5) is 10.9 Å². The van der Waals surface area contributed by atoms with Crippen molar-refractivity contribution in [2.45, 2.75) is 33.0 Å². The highest BCUT2D eigenvalue weighted by atomic mass is 32.1. The molecule has 0 aliphatic carbocycles. The van der Waals surface area contributed by atoms with Crippen LogP contribution < -0.4 is 10.2 Å². The molecule has 0 unspecified atom stereocenters. The zero-order valence-electron chi connectivity index (χ0n) is 13.4. The second kappa shape index (κ2) is 6.64. The predicted molar refractivity (Wildman–Crippen MR) is 91.3 cm³/mol. The minimum Gasteiger partial charge on any atom is -0.372 e. The average Bonchev–Trinajstić information content (AvgIpc) is 2.91. The molecule has 1 amide bonds. The zero-order chi connectivity index (χ0) is 16.4. The van der Waals surface area contributed by atoms with Crippen LogP contribution in [0.15, 0.2) is 24.5 Å². The van der Waals surface area contributed by atoms with Gasteiger partial charge in [0.1, 0.15) is 5.82 Å². The van der Waals surface area contributed by atoms with E-state index in [0.29, 0.717) is 10.7 Å². The first-order valence-corrected chi connectivity index (χ1v) is 8.43. The molecular weight excluding hydrogens is 312 g/mol. The first-order valence-electron chi connectivity index (χ1n) is 7.61. The maximum absolute atomic E-state index is 12.2. The summed E-state index contributed by atoms with van der Waals surface area (Å²) in [6.45, 7) is 7.68. The number of aryl methyl sites for hydroxylation is 1. The molecule has 1 N–H and O–H groups in total. The van der Waals surface area contributed by atoms with Gasteiger partial charge in [0.2, 0.25) is 0 Å². The van der Waals surface area contributed by atoms with Crippen molar-refractivity contribution in [1.29, 1.82) is 0 Å². The van der Waals surface area contributed by atoms with Crippen LogP contribution in [0.3, 0.4) is 0 Å². The van der Waals surface area contributed by atoms with Gasteiger partial charge in [0.05, 0.1) is 17.8 Å². The Labute approximate surface area is 139 Å². The molecule has 6 nitrogen and oxygen atoms in total. The Morgan fingerprint density at radius 2 is 2.00 bits per heavy atom. The summed E-state index contributed by atoms with van der Waals surface area (Å²) < 4.78 is 5.73. The minimum atomic E-state index is -0.192. The Morgan fingerprint density at radius 1 is 1.26 bits per heavy atom. The molecule has 3 rings (SSSR count). The molecule has 3 heterocycles. The summed E-state index contributed by atoms with van der Waals surface area (Å²) in [7, 11) is 0. The Hall–Kier alpha value is -1.99. The number of hydrogen-bond donors (Lipinski definition) is 1. The minimum absolute atomic E-state index is 0.177. The molecule has 2 aromatic rings. The number of rotatable bonds is 3. The van der Waals surface area contributed by atoms with Crippen molar-refractivity contribution >= 4 is 28.2 Å². The highest BCUT2D eigenvalue weighted by Gasteiger charge is 2.23. The normalized spacial score (nSPS) is 21.3. The molecule has 0 spiro atoms. The van der Waals surface area contributed by atoms with E-state index < -0.39 is 0 Å². The van der Waals surface area contributed by atoms with Gasteiger partial charge in [-0.2, -0.15) is 0 Å². The van der Waals surface area contributed by atoms with Crippen molar-refractivity contribution in [2.75, 3.05) is 23.3 Å². The zero-order valence-corrected chi connectivity index (χ0v) is 14.3. The fraction of sp³-hybridized carbons (Fsp3) is 0.438. The molecule has 0 radical (unpaired) electrons. The van der Waals surface area contributed by atoms with Gasteiger partial charge in [-0.15, -0.1) is 11.3 Å². The Bertz CT molecular complexity index is 676. The smallest absolute Gasteiger partial charge is 0.259 e. The number of hydrogen-bond acceptors (Lipinski definition) is 6. The number of carbonyl (C=O) groups is 1. The maximum atomic E-state index is 12.2. The number of pyridine rings is 1. The van der Waals surface area contributed by atoms with Gasteiger partial charge >= 0.3 is 0 Å². The van der Waals surface area contributed by atoms with Crippen molar-refractivity contribution in [3.05, 3.63) is 35.0 Å². The van der Waals surface area contributed by atoms with Gasteiger partial charge in [0.15, 0.2) is 5.13 Å². The van der Waals surface area contributed by atoms with Crippen LogP contribution in [0.5, 0.6) is 0 Å². The van der Waals surface area contributed by atoms with Gasteiger partial charge in [0.25, 0.3) is 5.91 Å². The van der Waals surface area contributed by atoms with E-state index in [4.69, 9.17) is 4.74 Å². The summed E-state index contributed by atoms with van der Waals surface area (Å²) in [5, 5.41) is 3.39. The molecule has 1 aliphatic heterocycles. The molecule has 0 saturated carbocycles. The van der Waals surface area contributed by atoms with Crippen molar-refractivity contribution in [3.63, 3.8) is 0 Å². The summed E-state index contributed by atoms with van der Waals surface area (Å²) in [6.07, 6.45) is 3.70. The molecule has 23 heavy (non-hydrogen) atoms. The second-order valence-electron chi connectivity index (χ2n) is 5.80. The first kappa shape index (κ1) is 15.9. The van der Waals surface area contributed by atoms with E-state index in [-0.39, 0.29) is 18.1 Å². The lowest BCUT2D eigenvalue weighted by Gasteiger charge is -2.36. The molecule has 1 fully saturated rings. The van der Waals surface area contributed by atoms with E-state index in [1.165, 1.54) is 11.3 Å². The summed E-state index contributed by atoms with van der Waals surface area (Å²) in [4.78, 5) is 24.0. The SMILES string of the molecule is Cc1cnc(NC(=O)c2ccc(N3C[C@@H](C)O[C@H](C)C3)nc2)s1. The maximum Gasteiger partial charge on any atom is 0.259 e. The van der Waals surface area contributed by atoms with Gasteiger partial charge < -0.3 is 9.64 Å². The Morgan fingerprint density at radius 3 is 2.57 bits per heavy atom. The van der Waals surface area contributed by atoms with E-state index >= 15 is 0 Å². The quantitative estimate of drug-likeness (QED) is 0.936. The topological polar surface area (TPSA) is 67.4 Å². The molecule has 1 aliphatic rings. The number of anilines is 2. The van der Waals surface area contributed by atoms with Gasteiger partial charge in [-0.3, -0.25) is 10.1 Å². The van der Waals surface area contributed by atoms with Gasteiger partial charge in [-0.25, -0.2) is 9.97 Å². The van der Waals surface area contributed by atoms with Crippen LogP contribution >= 0.6 is 11.3 Å². The highest BCUT2D eigenvalue weighted by molar-refractivity contribution is 7.15. The van der Waals surface area contributed by atoms with Crippen LogP contribution in [0.2, 0.25) is 0 Å². The van der Waals surface area contributed by atoms with Crippen LogP contribution in [-0.4, -0.2) is 41.2 Å². The van der Waals surface area contributed by atoms with Crippen molar-refractivity contribution in [2.24, 2.45) is 0 Å². The van der Waals surface area contributed by atoms with E-state index in [9.17, 15) is 4.79 Å². The fourth-order valence-corrected chi connectivity index (χ4v) is 3.31. The van der Waals surface area contributed by atoms with Crippen LogP contribution in [0, 0.1) is 6.92 Å². The molecular formula is C16H20N4O2S. The molecule has 0 bridgehead atoms. The number of thiazole rings is 1. The lowest BCUT2D eigenvalue weighted by Crippen LogP contribution is -2.45. The summed E-state index contributed by atoms with van der Waals surface area (Å²) in [5.41, 5.74) is 0.524. The molecule has 122 valence electrons. The third kappa shape index (κ3) is 3.86. The highest BCUT2D eigenvalue weighted by Crippen LogP contribution is 2.20. The third-order valence-corrected chi connectivity index (χ3v) is 4.42. The van der Waals surface area contributed by atoms with Crippen molar-refractivity contribution < 1.29 is 9.53 Å². The Balaban J connectivity index is 1.68. The number of nitrogens with one attached hydrogen (secondary N) is 1. The molecule has 2 atom stereocenters.